The van der Waals surface area contributed by atoms with E-state index < -0.39 is 0 Å². The standard InChI is InChI=1S/C9H7Cl2N/c10-4-6-5-12-9-2-1-7(11)3-8(6)9/h1-3,5,12H,4H2. The highest BCUT2D eigenvalue weighted by molar-refractivity contribution is 6.31. The van der Waals surface area contributed by atoms with Crippen molar-refractivity contribution in [3.8, 4) is 0 Å². The molecule has 1 nitrogen and oxygen atoms in total. The molecule has 12 heavy (non-hydrogen) atoms. The lowest BCUT2D eigenvalue weighted by atomic mass is 10.2. The van der Waals surface area contributed by atoms with Gasteiger partial charge in [-0.2, -0.15) is 0 Å². The number of halogens is 2. The minimum absolute atomic E-state index is 0.514. The van der Waals surface area contributed by atoms with Crippen LogP contribution in [0.3, 0.4) is 0 Å². The molecule has 0 aliphatic rings. The van der Waals surface area contributed by atoms with Crippen LogP contribution >= 0.6 is 23.2 Å². The molecule has 0 aliphatic heterocycles. The molecular formula is C9H7Cl2N. The second kappa shape index (κ2) is 3.00. The monoisotopic (exact) mass is 199 g/mol. The van der Waals surface area contributed by atoms with Crippen LogP contribution in [0.15, 0.2) is 24.4 Å². The third-order valence-corrected chi connectivity index (χ3v) is 2.40. The van der Waals surface area contributed by atoms with E-state index in [-0.39, 0.29) is 0 Å². The highest BCUT2D eigenvalue weighted by Gasteiger charge is 2.01. The van der Waals surface area contributed by atoms with Gasteiger partial charge in [0.1, 0.15) is 0 Å². The van der Waals surface area contributed by atoms with E-state index in [4.69, 9.17) is 23.2 Å². The van der Waals surface area contributed by atoms with Gasteiger partial charge in [-0.25, -0.2) is 0 Å². The molecule has 0 unspecified atom stereocenters. The molecule has 2 rings (SSSR count). The van der Waals surface area contributed by atoms with Crippen LogP contribution in [0.1, 0.15) is 5.56 Å². The fourth-order valence-corrected chi connectivity index (χ4v) is 1.65. The van der Waals surface area contributed by atoms with Gasteiger partial charge < -0.3 is 4.98 Å². The molecule has 1 heterocycles. The predicted octanol–water partition coefficient (Wildman–Crippen LogP) is 3.56. The largest absolute Gasteiger partial charge is 0.361 e. The maximum atomic E-state index is 5.85. The van der Waals surface area contributed by atoms with E-state index in [1.54, 1.807) is 0 Å². The lowest BCUT2D eigenvalue weighted by Gasteiger charge is -1.93. The zero-order valence-electron chi connectivity index (χ0n) is 6.27. The molecule has 1 aromatic heterocycles. The molecule has 1 aromatic carbocycles. The van der Waals surface area contributed by atoms with E-state index in [1.807, 2.05) is 24.4 Å². The number of benzene rings is 1. The van der Waals surface area contributed by atoms with Crippen molar-refractivity contribution in [3.05, 3.63) is 35.0 Å². The molecule has 0 atom stereocenters. The molecule has 0 amide bonds. The van der Waals surface area contributed by atoms with Crippen LogP contribution in [0.4, 0.5) is 0 Å². The number of H-pyrrole nitrogens is 1. The third kappa shape index (κ3) is 1.19. The number of alkyl halides is 1. The van der Waals surface area contributed by atoms with E-state index in [9.17, 15) is 0 Å². The van der Waals surface area contributed by atoms with Gasteiger partial charge in [0.15, 0.2) is 0 Å². The number of fused-ring (bicyclic) bond motifs is 1. The van der Waals surface area contributed by atoms with Crippen LogP contribution < -0.4 is 0 Å². The van der Waals surface area contributed by atoms with E-state index in [0.717, 1.165) is 21.5 Å². The van der Waals surface area contributed by atoms with Gasteiger partial charge >= 0.3 is 0 Å². The average Bonchev–Trinajstić information content (AvgIpc) is 2.46. The maximum Gasteiger partial charge on any atom is 0.0495 e. The molecule has 0 spiro atoms. The molecule has 0 saturated carbocycles. The van der Waals surface area contributed by atoms with Gasteiger partial charge in [-0.15, -0.1) is 11.6 Å². The Labute approximate surface area is 80.3 Å². The highest BCUT2D eigenvalue weighted by atomic mass is 35.5. The van der Waals surface area contributed by atoms with Gasteiger partial charge in [-0.05, 0) is 23.8 Å². The quantitative estimate of drug-likeness (QED) is 0.677. The molecular weight excluding hydrogens is 193 g/mol. The molecule has 0 aliphatic carbocycles. The van der Waals surface area contributed by atoms with Gasteiger partial charge in [0.05, 0.1) is 0 Å². The number of aromatic nitrogens is 1. The summed E-state index contributed by atoms with van der Waals surface area (Å²) in [6.45, 7) is 0. The molecule has 1 N–H and O–H groups in total. The first-order chi connectivity index (χ1) is 5.81. The summed E-state index contributed by atoms with van der Waals surface area (Å²) in [4.78, 5) is 3.12. The topological polar surface area (TPSA) is 15.8 Å². The Hall–Kier alpha value is -0.660. The third-order valence-electron chi connectivity index (χ3n) is 1.87. The number of rotatable bonds is 1. The first-order valence-corrected chi connectivity index (χ1v) is 4.54. The fraction of sp³-hybridized carbons (Fsp3) is 0.111. The summed E-state index contributed by atoms with van der Waals surface area (Å²) in [7, 11) is 0. The predicted molar refractivity (Wildman–Crippen MR) is 52.9 cm³/mol. The van der Waals surface area contributed by atoms with Gasteiger partial charge in [0, 0.05) is 28.0 Å². The first-order valence-electron chi connectivity index (χ1n) is 3.63. The van der Waals surface area contributed by atoms with Crippen molar-refractivity contribution in [2.24, 2.45) is 0 Å². The van der Waals surface area contributed by atoms with Crippen molar-refractivity contribution >= 4 is 34.1 Å². The summed E-state index contributed by atoms with van der Waals surface area (Å²) in [6.07, 6.45) is 1.91. The van der Waals surface area contributed by atoms with Crippen LogP contribution in [0.25, 0.3) is 10.9 Å². The Bertz CT molecular complexity index is 406. The molecule has 3 heteroatoms. The van der Waals surface area contributed by atoms with E-state index in [0.29, 0.717) is 5.88 Å². The maximum absolute atomic E-state index is 5.85. The number of aromatic amines is 1. The molecule has 0 bridgehead atoms. The van der Waals surface area contributed by atoms with Crippen LogP contribution in [-0.4, -0.2) is 4.98 Å². The van der Waals surface area contributed by atoms with Gasteiger partial charge in [-0.3, -0.25) is 0 Å². The van der Waals surface area contributed by atoms with Gasteiger partial charge in [0.2, 0.25) is 0 Å². The summed E-state index contributed by atoms with van der Waals surface area (Å²) in [5.41, 5.74) is 2.17. The van der Waals surface area contributed by atoms with Gasteiger partial charge in [0.25, 0.3) is 0 Å². The number of hydrogen-bond donors (Lipinski definition) is 1. The zero-order valence-corrected chi connectivity index (χ0v) is 7.78. The highest BCUT2D eigenvalue weighted by Crippen LogP contribution is 2.23. The van der Waals surface area contributed by atoms with Crippen LogP contribution in [-0.2, 0) is 5.88 Å². The van der Waals surface area contributed by atoms with E-state index in [2.05, 4.69) is 4.98 Å². The van der Waals surface area contributed by atoms with Crippen molar-refractivity contribution in [1.29, 1.82) is 0 Å². The van der Waals surface area contributed by atoms with E-state index >= 15 is 0 Å². The van der Waals surface area contributed by atoms with Crippen molar-refractivity contribution in [2.75, 3.05) is 0 Å². The average molecular weight is 200 g/mol. The summed E-state index contributed by atoms with van der Waals surface area (Å²) in [6, 6.07) is 5.73. The van der Waals surface area contributed by atoms with Crippen LogP contribution in [0, 0.1) is 0 Å². The Balaban J connectivity index is 2.75. The minimum atomic E-state index is 0.514. The Morgan fingerprint density at radius 3 is 2.92 bits per heavy atom. The first kappa shape index (κ1) is 7.96. The van der Waals surface area contributed by atoms with Crippen molar-refractivity contribution < 1.29 is 0 Å². The SMILES string of the molecule is ClCc1c[nH]c2ccc(Cl)cc12. The second-order valence-electron chi connectivity index (χ2n) is 2.64. The lowest BCUT2D eigenvalue weighted by molar-refractivity contribution is 1.39. The normalized spacial score (nSPS) is 10.8. The number of nitrogens with one attached hydrogen (secondary N) is 1. The Morgan fingerprint density at radius 2 is 2.17 bits per heavy atom. The molecule has 62 valence electrons. The Kier molecular flexibility index (Phi) is 1.99. The second-order valence-corrected chi connectivity index (χ2v) is 3.34. The summed E-state index contributed by atoms with van der Waals surface area (Å²) >= 11 is 11.6. The van der Waals surface area contributed by atoms with Crippen molar-refractivity contribution in [2.45, 2.75) is 5.88 Å². The summed E-state index contributed by atoms with van der Waals surface area (Å²) < 4.78 is 0. The zero-order chi connectivity index (χ0) is 8.55. The number of hydrogen-bond acceptors (Lipinski definition) is 0. The minimum Gasteiger partial charge on any atom is -0.361 e. The Morgan fingerprint density at radius 1 is 1.33 bits per heavy atom. The van der Waals surface area contributed by atoms with Crippen molar-refractivity contribution in [3.63, 3.8) is 0 Å². The van der Waals surface area contributed by atoms with E-state index in [1.165, 1.54) is 0 Å². The molecule has 2 aromatic rings. The molecule has 0 fully saturated rings. The lowest BCUT2D eigenvalue weighted by Crippen LogP contribution is -1.72. The molecule has 0 radical (unpaired) electrons. The fourth-order valence-electron chi connectivity index (χ4n) is 1.26. The van der Waals surface area contributed by atoms with Crippen molar-refractivity contribution in [1.82, 2.24) is 4.98 Å². The smallest absolute Gasteiger partial charge is 0.0495 e. The van der Waals surface area contributed by atoms with Crippen LogP contribution in [0.2, 0.25) is 5.02 Å². The van der Waals surface area contributed by atoms with Gasteiger partial charge in [-0.1, -0.05) is 11.6 Å². The molecule has 0 saturated heterocycles. The summed E-state index contributed by atoms with van der Waals surface area (Å²) in [5, 5.41) is 1.85. The van der Waals surface area contributed by atoms with Crippen LogP contribution in [0.5, 0.6) is 0 Å². The summed E-state index contributed by atoms with van der Waals surface area (Å²) in [5.74, 6) is 0.514.